The van der Waals surface area contributed by atoms with E-state index in [2.05, 4.69) is 15.6 Å². The summed E-state index contributed by atoms with van der Waals surface area (Å²) in [6.45, 7) is 0. The average molecular weight is 237 g/mol. The van der Waals surface area contributed by atoms with Gasteiger partial charge in [-0.2, -0.15) is 0 Å². The Morgan fingerprint density at radius 2 is 2.18 bits per heavy atom. The molecular weight excluding hydrogens is 221 g/mol. The highest BCUT2D eigenvalue weighted by Crippen LogP contribution is 2.19. The lowest BCUT2D eigenvalue weighted by Crippen LogP contribution is -2.33. The third kappa shape index (κ3) is 2.54. The lowest BCUT2D eigenvalue weighted by molar-refractivity contribution is 0.0934. The van der Waals surface area contributed by atoms with Crippen LogP contribution in [0.4, 0.5) is 10.2 Å². The first-order valence-corrected chi connectivity index (χ1v) is 5.85. The number of hydrogen-bond donors (Lipinski definition) is 2. The predicted octanol–water partition coefficient (Wildman–Crippen LogP) is 1.93. The molecule has 2 N–H and O–H groups in total. The fraction of sp³-hybridized carbons (Fsp3) is 0.500. The van der Waals surface area contributed by atoms with Gasteiger partial charge in [-0.3, -0.25) is 4.79 Å². The highest BCUT2D eigenvalue weighted by molar-refractivity contribution is 5.95. The van der Waals surface area contributed by atoms with Crippen molar-refractivity contribution in [3.63, 3.8) is 0 Å². The second kappa shape index (κ2) is 5.12. The van der Waals surface area contributed by atoms with Gasteiger partial charge in [0.15, 0.2) is 11.6 Å². The normalized spacial score (nSPS) is 15.9. The summed E-state index contributed by atoms with van der Waals surface area (Å²) in [4.78, 5) is 15.7. The van der Waals surface area contributed by atoms with E-state index in [9.17, 15) is 9.18 Å². The summed E-state index contributed by atoms with van der Waals surface area (Å²) >= 11 is 0. The fourth-order valence-electron chi connectivity index (χ4n) is 2.13. The third-order valence-electron chi connectivity index (χ3n) is 3.06. The van der Waals surface area contributed by atoms with Crippen molar-refractivity contribution in [2.24, 2.45) is 0 Å². The van der Waals surface area contributed by atoms with Crippen molar-refractivity contribution in [3.05, 3.63) is 23.6 Å². The van der Waals surface area contributed by atoms with E-state index in [0.29, 0.717) is 0 Å². The molecule has 1 heterocycles. The van der Waals surface area contributed by atoms with Crippen molar-refractivity contribution in [2.75, 3.05) is 12.4 Å². The van der Waals surface area contributed by atoms with E-state index in [0.717, 1.165) is 25.7 Å². The topological polar surface area (TPSA) is 54.0 Å². The largest absolute Gasteiger partial charge is 0.371 e. The molecule has 2 rings (SSSR count). The number of aromatic nitrogens is 1. The maximum absolute atomic E-state index is 13.8. The van der Waals surface area contributed by atoms with Crippen LogP contribution in [0.15, 0.2) is 12.3 Å². The summed E-state index contributed by atoms with van der Waals surface area (Å²) in [6.07, 6.45) is 5.66. The van der Waals surface area contributed by atoms with E-state index in [4.69, 9.17) is 0 Å². The van der Waals surface area contributed by atoms with Crippen LogP contribution in [0.1, 0.15) is 36.0 Å². The molecule has 92 valence electrons. The molecule has 1 amide bonds. The predicted molar refractivity (Wildman–Crippen MR) is 63.5 cm³/mol. The van der Waals surface area contributed by atoms with Crippen LogP contribution in [0.25, 0.3) is 0 Å². The number of hydrogen-bond acceptors (Lipinski definition) is 3. The van der Waals surface area contributed by atoms with E-state index in [-0.39, 0.29) is 23.3 Å². The van der Waals surface area contributed by atoms with Crippen molar-refractivity contribution in [2.45, 2.75) is 31.7 Å². The van der Waals surface area contributed by atoms with Crippen molar-refractivity contribution in [3.8, 4) is 0 Å². The average Bonchev–Trinajstić information content (AvgIpc) is 2.82. The molecule has 0 saturated heterocycles. The smallest absolute Gasteiger partial charge is 0.254 e. The molecule has 0 radical (unpaired) electrons. The van der Waals surface area contributed by atoms with E-state index in [1.807, 2.05) is 0 Å². The summed E-state index contributed by atoms with van der Waals surface area (Å²) in [5.74, 6) is -0.845. The second-order valence-electron chi connectivity index (χ2n) is 4.23. The Kier molecular flexibility index (Phi) is 3.56. The van der Waals surface area contributed by atoms with Gasteiger partial charge in [0.05, 0.1) is 5.56 Å². The highest BCUT2D eigenvalue weighted by atomic mass is 19.1. The van der Waals surface area contributed by atoms with Gasteiger partial charge in [0.25, 0.3) is 5.91 Å². The van der Waals surface area contributed by atoms with E-state index < -0.39 is 5.82 Å². The molecule has 0 atom stereocenters. The second-order valence-corrected chi connectivity index (χ2v) is 4.23. The number of halogens is 1. The van der Waals surface area contributed by atoms with Gasteiger partial charge in [-0.25, -0.2) is 9.37 Å². The Balaban J connectivity index is 2.12. The van der Waals surface area contributed by atoms with Crippen LogP contribution in [0, 0.1) is 5.82 Å². The van der Waals surface area contributed by atoms with Gasteiger partial charge >= 0.3 is 0 Å². The molecule has 1 aromatic rings. The zero-order chi connectivity index (χ0) is 12.3. The van der Waals surface area contributed by atoms with Crippen molar-refractivity contribution >= 4 is 11.7 Å². The molecule has 0 spiro atoms. The lowest BCUT2D eigenvalue weighted by atomic mass is 10.2. The van der Waals surface area contributed by atoms with Crippen LogP contribution in [0.2, 0.25) is 0 Å². The summed E-state index contributed by atoms with van der Waals surface area (Å²) < 4.78 is 13.8. The van der Waals surface area contributed by atoms with Crippen molar-refractivity contribution in [1.29, 1.82) is 0 Å². The van der Waals surface area contributed by atoms with Gasteiger partial charge in [0, 0.05) is 19.3 Å². The Bertz CT molecular complexity index is 416. The zero-order valence-corrected chi connectivity index (χ0v) is 9.79. The number of carbonyl (C=O) groups excluding carboxylic acids is 1. The minimum absolute atomic E-state index is 0.0521. The number of rotatable bonds is 3. The maximum Gasteiger partial charge on any atom is 0.254 e. The quantitative estimate of drug-likeness (QED) is 0.844. The zero-order valence-electron chi connectivity index (χ0n) is 9.79. The fourth-order valence-corrected chi connectivity index (χ4v) is 2.13. The van der Waals surface area contributed by atoms with Gasteiger partial charge in [0.2, 0.25) is 0 Å². The highest BCUT2D eigenvalue weighted by Gasteiger charge is 2.21. The standard InChI is InChI=1S/C12H16FN3O/c1-14-11-10(13)9(6-7-15-11)12(17)16-8-4-2-3-5-8/h6-8H,2-5H2,1H3,(H,14,15)(H,16,17). The first-order valence-electron chi connectivity index (χ1n) is 5.85. The SMILES string of the molecule is CNc1nccc(C(=O)NC2CCCC2)c1F. The molecule has 4 nitrogen and oxygen atoms in total. The Morgan fingerprint density at radius 3 is 2.82 bits per heavy atom. The van der Waals surface area contributed by atoms with Crippen LogP contribution in [0.3, 0.4) is 0 Å². The summed E-state index contributed by atoms with van der Waals surface area (Å²) in [5, 5.41) is 5.47. The molecular formula is C12H16FN3O. The monoisotopic (exact) mass is 237 g/mol. The molecule has 17 heavy (non-hydrogen) atoms. The van der Waals surface area contributed by atoms with Gasteiger partial charge in [-0.1, -0.05) is 12.8 Å². The first kappa shape index (κ1) is 11.8. The molecule has 0 bridgehead atoms. The molecule has 1 saturated carbocycles. The first-order chi connectivity index (χ1) is 8.22. The molecule has 0 aliphatic heterocycles. The number of carbonyl (C=O) groups is 1. The van der Waals surface area contributed by atoms with Crippen LogP contribution >= 0.6 is 0 Å². The Hall–Kier alpha value is -1.65. The minimum atomic E-state index is -0.592. The van der Waals surface area contributed by atoms with E-state index in [1.165, 1.54) is 12.3 Å². The van der Waals surface area contributed by atoms with Crippen LogP contribution in [0.5, 0.6) is 0 Å². The van der Waals surface area contributed by atoms with Gasteiger partial charge in [0.1, 0.15) is 0 Å². The molecule has 0 aromatic carbocycles. The number of pyridine rings is 1. The third-order valence-corrected chi connectivity index (χ3v) is 3.06. The number of nitrogens with zero attached hydrogens (tertiary/aromatic N) is 1. The van der Waals surface area contributed by atoms with Crippen molar-refractivity contribution in [1.82, 2.24) is 10.3 Å². The van der Waals surface area contributed by atoms with Crippen LogP contribution < -0.4 is 10.6 Å². The molecule has 1 aliphatic rings. The van der Waals surface area contributed by atoms with Gasteiger partial charge in [-0.05, 0) is 18.9 Å². The Morgan fingerprint density at radius 1 is 1.47 bits per heavy atom. The van der Waals surface area contributed by atoms with Gasteiger partial charge in [-0.15, -0.1) is 0 Å². The number of nitrogens with one attached hydrogen (secondary N) is 2. The van der Waals surface area contributed by atoms with Crippen LogP contribution in [-0.2, 0) is 0 Å². The molecule has 5 heteroatoms. The van der Waals surface area contributed by atoms with Crippen molar-refractivity contribution < 1.29 is 9.18 Å². The summed E-state index contributed by atoms with van der Waals surface area (Å²) in [7, 11) is 1.57. The lowest BCUT2D eigenvalue weighted by Gasteiger charge is -2.12. The number of anilines is 1. The van der Waals surface area contributed by atoms with Gasteiger partial charge < -0.3 is 10.6 Å². The molecule has 1 fully saturated rings. The summed E-state index contributed by atoms with van der Waals surface area (Å²) in [6, 6.07) is 1.59. The molecule has 1 aromatic heterocycles. The molecule has 0 unspecified atom stereocenters. The van der Waals surface area contributed by atoms with E-state index >= 15 is 0 Å². The number of amides is 1. The van der Waals surface area contributed by atoms with Crippen LogP contribution in [-0.4, -0.2) is 24.0 Å². The minimum Gasteiger partial charge on any atom is -0.371 e. The Labute approximate surface area is 99.6 Å². The summed E-state index contributed by atoms with van der Waals surface area (Å²) in [5.41, 5.74) is 0.0521. The maximum atomic E-state index is 13.8. The molecule has 1 aliphatic carbocycles. The van der Waals surface area contributed by atoms with E-state index in [1.54, 1.807) is 7.05 Å².